The minimum atomic E-state index is -1.15. The van der Waals surface area contributed by atoms with Crippen LogP contribution in [0.5, 0.6) is 0 Å². The van der Waals surface area contributed by atoms with E-state index in [1.807, 2.05) is 38.3 Å². The molecule has 3 aromatic rings. The molecule has 2 aromatic heterocycles. The maximum absolute atomic E-state index is 12.6. The molecule has 0 saturated carbocycles. The summed E-state index contributed by atoms with van der Waals surface area (Å²) in [6.45, 7) is 11.9. The Balaban J connectivity index is 1.60. The number of benzene rings is 1. The summed E-state index contributed by atoms with van der Waals surface area (Å²) in [5, 5.41) is 15.3. The van der Waals surface area contributed by atoms with Gasteiger partial charge in [-0.1, -0.05) is 24.3 Å². The molecule has 1 atom stereocenters. The Bertz CT molecular complexity index is 1330. The number of nitrogens with zero attached hydrogens (tertiary/aromatic N) is 4. The van der Waals surface area contributed by atoms with Crippen LogP contribution in [0.3, 0.4) is 0 Å². The third-order valence-corrected chi connectivity index (χ3v) is 7.97. The largest absolute Gasteiger partial charge is 0.479 e. The SMILES string of the molecule is Cc1nc2cc3nn2c(c1[C@H](OC(C)(C)C)C(=O)O)N1CCC(C)(CC1)OCCCc1ccccc1CCC3. The maximum Gasteiger partial charge on any atom is 0.337 e. The minimum absolute atomic E-state index is 0.214. The lowest BCUT2D eigenvalue weighted by Crippen LogP contribution is -2.46. The number of rotatable bonds is 3. The highest BCUT2D eigenvalue weighted by molar-refractivity contribution is 5.78. The summed E-state index contributed by atoms with van der Waals surface area (Å²) in [6, 6.07) is 10.8. The van der Waals surface area contributed by atoms with Crippen LogP contribution in [0.25, 0.3) is 5.65 Å². The summed E-state index contributed by atoms with van der Waals surface area (Å²) in [5.41, 5.74) is 4.89. The fourth-order valence-corrected chi connectivity index (χ4v) is 5.90. The van der Waals surface area contributed by atoms with Crippen LogP contribution in [0.2, 0.25) is 0 Å². The molecule has 8 heteroatoms. The molecular formula is C31H42N4O4. The van der Waals surface area contributed by atoms with Crippen molar-refractivity contribution < 1.29 is 19.4 Å². The fourth-order valence-electron chi connectivity index (χ4n) is 5.90. The number of piperidine rings is 1. The molecule has 4 bridgehead atoms. The molecule has 8 nitrogen and oxygen atoms in total. The Morgan fingerprint density at radius 1 is 1.10 bits per heavy atom. The number of carboxylic acid groups (broad SMARTS) is 1. The molecule has 1 fully saturated rings. The van der Waals surface area contributed by atoms with Crippen molar-refractivity contribution in [1.82, 2.24) is 14.6 Å². The number of aryl methyl sites for hydroxylation is 4. The van der Waals surface area contributed by atoms with Gasteiger partial charge >= 0.3 is 5.97 Å². The molecule has 1 aromatic carbocycles. The molecule has 39 heavy (non-hydrogen) atoms. The number of anilines is 1. The summed E-state index contributed by atoms with van der Waals surface area (Å²) in [5.74, 6) is -0.248. The van der Waals surface area contributed by atoms with Crippen LogP contribution in [-0.4, -0.2) is 56.6 Å². The summed E-state index contributed by atoms with van der Waals surface area (Å²) in [7, 11) is 0. The van der Waals surface area contributed by atoms with Gasteiger partial charge in [-0.05, 0) is 90.7 Å². The molecule has 1 saturated heterocycles. The van der Waals surface area contributed by atoms with Crippen molar-refractivity contribution in [1.29, 1.82) is 0 Å². The summed E-state index contributed by atoms with van der Waals surface area (Å²) in [4.78, 5) is 19.7. The number of aromatic nitrogens is 3. The van der Waals surface area contributed by atoms with E-state index in [1.54, 1.807) is 0 Å². The van der Waals surface area contributed by atoms with Gasteiger partial charge in [0.2, 0.25) is 0 Å². The van der Waals surface area contributed by atoms with Crippen molar-refractivity contribution in [2.45, 2.75) is 96.9 Å². The third-order valence-electron chi connectivity index (χ3n) is 7.97. The zero-order valence-corrected chi connectivity index (χ0v) is 24.0. The van der Waals surface area contributed by atoms with Crippen LogP contribution in [0.4, 0.5) is 5.82 Å². The van der Waals surface area contributed by atoms with Gasteiger partial charge < -0.3 is 19.5 Å². The van der Waals surface area contributed by atoms with E-state index < -0.39 is 17.7 Å². The molecule has 6 rings (SSSR count). The van der Waals surface area contributed by atoms with Crippen molar-refractivity contribution in [2.75, 3.05) is 24.6 Å². The molecule has 0 spiro atoms. The van der Waals surface area contributed by atoms with Crippen LogP contribution in [0, 0.1) is 6.92 Å². The van der Waals surface area contributed by atoms with Gasteiger partial charge in [-0.2, -0.15) is 9.61 Å². The molecule has 3 aliphatic rings. The molecule has 0 radical (unpaired) electrons. The lowest BCUT2D eigenvalue weighted by atomic mass is 9.92. The van der Waals surface area contributed by atoms with E-state index in [2.05, 4.69) is 36.1 Å². The zero-order chi connectivity index (χ0) is 27.8. The monoisotopic (exact) mass is 534 g/mol. The lowest BCUT2D eigenvalue weighted by Gasteiger charge is -2.41. The first-order valence-corrected chi connectivity index (χ1v) is 14.3. The first kappa shape index (κ1) is 27.6. The van der Waals surface area contributed by atoms with Gasteiger partial charge in [0, 0.05) is 31.5 Å². The predicted octanol–water partition coefficient (Wildman–Crippen LogP) is 5.48. The molecule has 0 amide bonds. The van der Waals surface area contributed by atoms with E-state index >= 15 is 0 Å². The highest BCUT2D eigenvalue weighted by atomic mass is 16.5. The Morgan fingerprint density at radius 2 is 1.77 bits per heavy atom. The quantitative estimate of drug-likeness (QED) is 0.476. The highest BCUT2D eigenvalue weighted by Gasteiger charge is 2.37. The fraction of sp³-hybridized carbons (Fsp3) is 0.581. The first-order valence-electron chi connectivity index (χ1n) is 14.3. The van der Waals surface area contributed by atoms with Crippen molar-refractivity contribution in [2.24, 2.45) is 0 Å². The van der Waals surface area contributed by atoms with Crippen LogP contribution >= 0.6 is 0 Å². The number of hydrogen-bond donors (Lipinski definition) is 1. The average molecular weight is 535 g/mol. The van der Waals surface area contributed by atoms with Crippen LogP contribution in [0.15, 0.2) is 30.3 Å². The smallest absolute Gasteiger partial charge is 0.337 e. The summed E-state index contributed by atoms with van der Waals surface area (Å²) < 4.78 is 14.5. The van der Waals surface area contributed by atoms with E-state index in [-0.39, 0.29) is 5.60 Å². The topological polar surface area (TPSA) is 89.2 Å². The van der Waals surface area contributed by atoms with E-state index in [4.69, 9.17) is 19.6 Å². The number of fused-ring (bicyclic) bond motifs is 7. The van der Waals surface area contributed by atoms with Gasteiger partial charge in [0.25, 0.3) is 0 Å². The second-order valence-electron chi connectivity index (χ2n) is 12.3. The lowest BCUT2D eigenvalue weighted by molar-refractivity contribution is -0.160. The Morgan fingerprint density at radius 3 is 2.41 bits per heavy atom. The number of ether oxygens (including phenoxy) is 2. The molecule has 5 heterocycles. The van der Waals surface area contributed by atoms with E-state index in [0.717, 1.165) is 81.8 Å². The van der Waals surface area contributed by atoms with Gasteiger partial charge in [0.15, 0.2) is 11.8 Å². The number of aliphatic carboxylic acids is 1. The molecule has 1 N–H and O–H groups in total. The van der Waals surface area contributed by atoms with E-state index in [9.17, 15) is 9.90 Å². The molecule has 3 aliphatic heterocycles. The Kier molecular flexibility index (Phi) is 7.71. The average Bonchev–Trinajstić information content (AvgIpc) is 3.27. The zero-order valence-electron chi connectivity index (χ0n) is 24.0. The van der Waals surface area contributed by atoms with Crippen LogP contribution < -0.4 is 4.90 Å². The highest BCUT2D eigenvalue weighted by Crippen LogP contribution is 2.38. The second-order valence-corrected chi connectivity index (χ2v) is 12.3. The first-order chi connectivity index (χ1) is 18.5. The number of hydrogen-bond acceptors (Lipinski definition) is 6. The van der Waals surface area contributed by atoms with Gasteiger partial charge in [0.05, 0.1) is 22.5 Å². The second kappa shape index (κ2) is 10.9. The predicted molar refractivity (Wildman–Crippen MR) is 152 cm³/mol. The maximum atomic E-state index is 12.6. The number of carbonyl (C=O) groups is 1. The van der Waals surface area contributed by atoms with Gasteiger partial charge in [-0.25, -0.2) is 9.78 Å². The standard InChI is InChI=1S/C31H42N4O4/c1-21-26(27(29(36)37)39-30(2,3)4)28-34-17-15-31(5,16-18-34)38-19-9-13-23-11-7-6-10-22(23)12-8-14-24-20-25(32-21)35(28)33-24/h6-7,10-11,20,27H,8-9,12-19H2,1-5H3,(H,36,37)/t27-/m0/s1. The Hall–Kier alpha value is -2.97. The third kappa shape index (κ3) is 6.12. The summed E-state index contributed by atoms with van der Waals surface area (Å²) in [6.07, 6.45) is 5.35. The van der Waals surface area contributed by atoms with Crippen LogP contribution in [0.1, 0.15) is 87.6 Å². The summed E-state index contributed by atoms with van der Waals surface area (Å²) >= 11 is 0. The molecule has 210 valence electrons. The van der Waals surface area contributed by atoms with Crippen molar-refractivity contribution >= 4 is 17.4 Å². The van der Waals surface area contributed by atoms with Gasteiger partial charge in [-0.3, -0.25) is 0 Å². The van der Waals surface area contributed by atoms with Crippen molar-refractivity contribution in [3.05, 3.63) is 58.4 Å². The minimum Gasteiger partial charge on any atom is -0.479 e. The van der Waals surface area contributed by atoms with Gasteiger partial charge in [-0.15, -0.1) is 0 Å². The molecule has 0 unspecified atom stereocenters. The Labute approximate surface area is 231 Å². The molecular weight excluding hydrogens is 492 g/mol. The van der Waals surface area contributed by atoms with E-state index in [0.29, 0.717) is 11.3 Å². The van der Waals surface area contributed by atoms with Crippen molar-refractivity contribution in [3.8, 4) is 0 Å². The van der Waals surface area contributed by atoms with Crippen LogP contribution in [-0.2, 0) is 33.5 Å². The van der Waals surface area contributed by atoms with E-state index in [1.165, 1.54) is 11.1 Å². The van der Waals surface area contributed by atoms with Gasteiger partial charge in [0.1, 0.15) is 5.82 Å². The molecule has 0 aliphatic carbocycles. The normalized spacial score (nSPS) is 19.2. The van der Waals surface area contributed by atoms with Crippen molar-refractivity contribution in [3.63, 3.8) is 0 Å². The number of carboxylic acids is 1.